The van der Waals surface area contributed by atoms with Crippen molar-refractivity contribution in [1.29, 1.82) is 0 Å². The van der Waals surface area contributed by atoms with Crippen molar-refractivity contribution in [3.63, 3.8) is 0 Å². The standard InChI is InChI=1S/C22H19N4O/c1-14-11-15(2)21(16(3)12-14)26-22(24-19-9-4-5-10-25(19)26)17-7-6-8-18-20(17)23-13-27-18/h4-13H,1-3H3/q+1. The lowest BCUT2D eigenvalue weighted by atomic mass is 10.0. The highest BCUT2D eigenvalue weighted by Gasteiger charge is 2.27. The summed E-state index contributed by atoms with van der Waals surface area (Å²) in [4.78, 5) is 9.37. The van der Waals surface area contributed by atoms with Gasteiger partial charge in [0.05, 0.1) is 11.3 Å². The summed E-state index contributed by atoms with van der Waals surface area (Å²) >= 11 is 0. The highest BCUT2D eigenvalue weighted by Crippen LogP contribution is 2.30. The fourth-order valence-electron chi connectivity index (χ4n) is 3.90. The second-order valence-corrected chi connectivity index (χ2v) is 6.90. The summed E-state index contributed by atoms with van der Waals surface area (Å²) in [5.41, 5.74) is 8.20. The molecule has 3 aromatic heterocycles. The Morgan fingerprint density at radius 3 is 2.59 bits per heavy atom. The second-order valence-electron chi connectivity index (χ2n) is 6.90. The zero-order valence-corrected chi connectivity index (χ0v) is 15.5. The molecule has 5 nitrogen and oxygen atoms in total. The molecule has 0 aliphatic heterocycles. The number of hydrogen-bond donors (Lipinski definition) is 0. The van der Waals surface area contributed by atoms with Crippen LogP contribution in [0, 0.1) is 20.8 Å². The van der Waals surface area contributed by atoms with Crippen LogP contribution >= 0.6 is 0 Å². The second kappa shape index (κ2) is 5.77. The first kappa shape index (κ1) is 15.8. The molecule has 27 heavy (non-hydrogen) atoms. The van der Waals surface area contributed by atoms with Gasteiger partial charge in [0.25, 0.3) is 5.82 Å². The third-order valence-electron chi connectivity index (χ3n) is 4.90. The average Bonchev–Trinajstić information content (AvgIpc) is 3.26. The summed E-state index contributed by atoms with van der Waals surface area (Å²) in [6.07, 6.45) is 3.52. The van der Waals surface area contributed by atoms with Crippen LogP contribution in [0.1, 0.15) is 16.7 Å². The summed E-state index contributed by atoms with van der Waals surface area (Å²) in [5.74, 6) is 0.843. The average molecular weight is 355 g/mol. The maximum absolute atomic E-state index is 5.51. The van der Waals surface area contributed by atoms with Gasteiger partial charge >= 0.3 is 5.65 Å². The summed E-state index contributed by atoms with van der Waals surface area (Å²) in [6, 6.07) is 16.4. The minimum Gasteiger partial charge on any atom is -0.443 e. The molecule has 0 amide bonds. The van der Waals surface area contributed by atoms with Crippen LogP contribution in [0.4, 0.5) is 0 Å². The van der Waals surface area contributed by atoms with Crippen LogP contribution in [-0.4, -0.2) is 14.6 Å². The van der Waals surface area contributed by atoms with Gasteiger partial charge in [-0.2, -0.15) is 0 Å². The Bertz CT molecular complexity index is 1290. The topological polar surface area (TPSA) is 48.0 Å². The lowest BCUT2D eigenvalue weighted by Gasteiger charge is -2.12. The molecule has 2 aromatic carbocycles. The molecular weight excluding hydrogens is 336 g/mol. The molecule has 0 unspecified atom stereocenters. The maximum Gasteiger partial charge on any atom is 0.349 e. The molecule has 0 N–H and O–H groups in total. The predicted molar refractivity (Wildman–Crippen MR) is 104 cm³/mol. The van der Waals surface area contributed by atoms with Crippen molar-refractivity contribution in [1.82, 2.24) is 14.6 Å². The van der Waals surface area contributed by atoms with Gasteiger partial charge in [-0.3, -0.25) is 0 Å². The third-order valence-corrected chi connectivity index (χ3v) is 4.90. The Kier molecular flexibility index (Phi) is 3.37. The zero-order valence-electron chi connectivity index (χ0n) is 15.5. The molecule has 0 radical (unpaired) electrons. The van der Waals surface area contributed by atoms with E-state index in [2.05, 4.69) is 47.1 Å². The number of benzene rings is 2. The minimum atomic E-state index is 0.758. The van der Waals surface area contributed by atoms with Gasteiger partial charge in [-0.15, -0.1) is 9.20 Å². The van der Waals surface area contributed by atoms with E-state index in [9.17, 15) is 0 Å². The Morgan fingerprint density at radius 2 is 1.78 bits per heavy atom. The van der Waals surface area contributed by atoms with E-state index < -0.39 is 0 Å². The molecule has 0 bridgehead atoms. The lowest BCUT2D eigenvalue weighted by molar-refractivity contribution is -0.597. The van der Waals surface area contributed by atoms with E-state index in [0.717, 1.165) is 33.8 Å². The van der Waals surface area contributed by atoms with E-state index in [1.54, 1.807) is 0 Å². The number of fused-ring (bicyclic) bond motifs is 2. The molecule has 0 spiro atoms. The Morgan fingerprint density at radius 1 is 0.963 bits per heavy atom. The third kappa shape index (κ3) is 2.35. The van der Waals surface area contributed by atoms with Crippen molar-refractivity contribution in [3.05, 3.63) is 77.8 Å². The highest BCUT2D eigenvalue weighted by atomic mass is 16.3. The first-order chi connectivity index (χ1) is 13.1. The van der Waals surface area contributed by atoms with Crippen LogP contribution in [0.3, 0.4) is 0 Å². The molecule has 132 valence electrons. The van der Waals surface area contributed by atoms with Gasteiger partial charge in [-0.25, -0.2) is 4.98 Å². The summed E-state index contributed by atoms with van der Waals surface area (Å²) in [6.45, 7) is 6.41. The minimum absolute atomic E-state index is 0.758. The van der Waals surface area contributed by atoms with E-state index in [1.165, 1.54) is 23.1 Å². The fraction of sp³-hybridized carbons (Fsp3) is 0.136. The van der Waals surface area contributed by atoms with Crippen LogP contribution in [0.25, 0.3) is 33.8 Å². The number of pyridine rings is 1. The molecule has 0 saturated heterocycles. The Balaban J connectivity index is 1.93. The molecule has 0 aliphatic carbocycles. The van der Waals surface area contributed by atoms with Crippen molar-refractivity contribution in [3.8, 4) is 17.1 Å². The first-order valence-corrected chi connectivity index (χ1v) is 8.94. The van der Waals surface area contributed by atoms with Crippen LogP contribution in [0.15, 0.2) is 65.5 Å². The highest BCUT2D eigenvalue weighted by molar-refractivity contribution is 5.89. The normalized spacial score (nSPS) is 11.5. The molecule has 5 aromatic rings. The number of rotatable bonds is 2. The van der Waals surface area contributed by atoms with Crippen molar-refractivity contribution in [2.24, 2.45) is 0 Å². The van der Waals surface area contributed by atoms with Gasteiger partial charge < -0.3 is 4.42 Å². The van der Waals surface area contributed by atoms with Crippen molar-refractivity contribution in [2.45, 2.75) is 20.8 Å². The molecule has 5 rings (SSSR count). The molecule has 0 fully saturated rings. The van der Waals surface area contributed by atoms with E-state index in [1.807, 2.05) is 42.6 Å². The van der Waals surface area contributed by atoms with E-state index in [0.29, 0.717) is 0 Å². The summed E-state index contributed by atoms with van der Waals surface area (Å²) < 4.78 is 9.76. The van der Waals surface area contributed by atoms with Crippen LogP contribution in [-0.2, 0) is 0 Å². The molecular formula is C22H19N4O+. The van der Waals surface area contributed by atoms with E-state index in [4.69, 9.17) is 9.40 Å². The maximum atomic E-state index is 5.51. The van der Waals surface area contributed by atoms with Crippen LogP contribution in [0.2, 0.25) is 0 Å². The monoisotopic (exact) mass is 355 g/mol. The van der Waals surface area contributed by atoms with Gasteiger partial charge in [0.1, 0.15) is 11.7 Å². The van der Waals surface area contributed by atoms with E-state index >= 15 is 0 Å². The number of aromatic nitrogens is 4. The SMILES string of the molecule is Cc1cc(C)c(-n2c(-c3cccc4ocnc34)nc3cccc[n+]32)c(C)c1. The largest absolute Gasteiger partial charge is 0.443 e. The zero-order chi connectivity index (χ0) is 18.5. The Labute approximate surface area is 156 Å². The molecule has 5 heteroatoms. The quantitative estimate of drug-likeness (QED) is 0.443. The molecule has 3 heterocycles. The number of para-hydroxylation sites is 1. The van der Waals surface area contributed by atoms with E-state index in [-0.39, 0.29) is 0 Å². The smallest absolute Gasteiger partial charge is 0.349 e. The van der Waals surface area contributed by atoms with Crippen LogP contribution < -0.4 is 4.52 Å². The van der Waals surface area contributed by atoms with Gasteiger partial charge in [0, 0.05) is 6.07 Å². The van der Waals surface area contributed by atoms with Gasteiger partial charge in [0.2, 0.25) is 0 Å². The summed E-state index contributed by atoms with van der Waals surface area (Å²) in [7, 11) is 0. The molecule has 0 atom stereocenters. The van der Waals surface area contributed by atoms with Gasteiger partial charge in [-0.1, -0.05) is 29.8 Å². The number of oxazole rings is 1. The van der Waals surface area contributed by atoms with Crippen LogP contribution in [0.5, 0.6) is 0 Å². The van der Waals surface area contributed by atoms with Gasteiger partial charge in [-0.05, 0) is 55.1 Å². The predicted octanol–water partition coefficient (Wildman–Crippen LogP) is 4.34. The lowest BCUT2D eigenvalue weighted by Crippen LogP contribution is -2.32. The first-order valence-electron chi connectivity index (χ1n) is 8.94. The molecule has 0 saturated carbocycles. The number of aryl methyl sites for hydroxylation is 3. The fourth-order valence-corrected chi connectivity index (χ4v) is 3.90. The van der Waals surface area contributed by atoms with Crippen molar-refractivity contribution in [2.75, 3.05) is 0 Å². The molecule has 0 aliphatic rings. The van der Waals surface area contributed by atoms with Crippen molar-refractivity contribution >= 4 is 16.7 Å². The van der Waals surface area contributed by atoms with Gasteiger partial charge in [0.15, 0.2) is 12.0 Å². The van der Waals surface area contributed by atoms with Crippen molar-refractivity contribution < 1.29 is 8.93 Å². The number of nitrogens with zero attached hydrogens (tertiary/aromatic N) is 4. The summed E-state index contributed by atoms with van der Waals surface area (Å²) in [5, 5.41) is 0. The number of hydrogen-bond acceptors (Lipinski definition) is 3. The Hall–Kier alpha value is -3.47.